The Morgan fingerprint density at radius 3 is 2.52 bits per heavy atom. The van der Waals surface area contributed by atoms with Gasteiger partial charge in [-0.25, -0.2) is 9.59 Å². The number of carbonyl (C=O) groups excluding carboxylic acids is 3. The van der Waals surface area contributed by atoms with Crippen LogP contribution in [-0.2, 0) is 16.1 Å². The van der Waals surface area contributed by atoms with Gasteiger partial charge in [0.15, 0.2) is 0 Å². The number of hydrogen-bond acceptors (Lipinski definition) is 5. The molecule has 1 saturated heterocycles. The molecule has 0 bridgehead atoms. The largest absolute Gasteiger partial charge is 0.463 e. The lowest BCUT2D eigenvalue weighted by molar-refractivity contribution is -0.123. The van der Waals surface area contributed by atoms with Crippen molar-refractivity contribution in [3.05, 3.63) is 64.7 Å². The zero-order valence-electron chi connectivity index (χ0n) is 15.3. The number of esters is 1. The molecule has 1 N–H and O–H groups in total. The maximum absolute atomic E-state index is 12.5. The fourth-order valence-corrected chi connectivity index (χ4v) is 2.69. The first kappa shape index (κ1) is 18.4. The quantitative estimate of drug-likeness (QED) is 0.497. The second kappa shape index (κ2) is 7.49. The minimum absolute atomic E-state index is 0.0144. The van der Waals surface area contributed by atoms with Crippen molar-refractivity contribution in [1.29, 1.82) is 0 Å². The average molecular weight is 368 g/mol. The Balaban J connectivity index is 1.74. The van der Waals surface area contributed by atoms with Gasteiger partial charge in [-0.3, -0.25) is 9.69 Å². The number of ether oxygens (including phenoxy) is 1. The summed E-state index contributed by atoms with van der Waals surface area (Å²) in [6.07, 6.45) is 1.63. The van der Waals surface area contributed by atoms with Gasteiger partial charge in [0.05, 0.1) is 13.7 Å². The Kier molecular flexibility index (Phi) is 5.12. The second-order valence-corrected chi connectivity index (χ2v) is 6.46. The molecule has 0 saturated carbocycles. The van der Waals surface area contributed by atoms with E-state index in [1.54, 1.807) is 6.08 Å². The summed E-state index contributed by atoms with van der Waals surface area (Å²) in [5.74, 6) is -0.340. The van der Waals surface area contributed by atoms with Gasteiger partial charge in [-0.05, 0) is 35.3 Å². The number of amides is 3. The first-order chi connectivity index (χ1) is 12.9. The van der Waals surface area contributed by atoms with E-state index in [1.807, 2.05) is 24.3 Å². The van der Waals surface area contributed by atoms with E-state index >= 15 is 0 Å². The Hall–Kier alpha value is -3.35. The molecule has 2 heterocycles. The summed E-state index contributed by atoms with van der Waals surface area (Å²) in [6.45, 7) is 4.13. The van der Waals surface area contributed by atoms with Gasteiger partial charge in [0.1, 0.15) is 11.5 Å². The molecule has 1 aromatic carbocycles. The molecule has 0 atom stereocenters. The molecule has 27 heavy (non-hydrogen) atoms. The normalized spacial score (nSPS) is 15.6. The maximum atomic E-state index is 12.5. The number of urea groups is 1. The van der Waals surface area contributed by atoms with Crippen LogP contribution in [0, 0.1) is 0 Å². The number of rotatable bonds is 5. The van der Waals surface area contributed by atoms with Crippen LogP contribution in [0.4, 0.5) is 4.79 Å². The summed E-state index contributed by atoms with van der Waals surface area (Å²) in [5, 5.41) is 2.57. The highest BCUT2D eigenvalue weighted by Crippen LogP contribution is 2.20. The van der Waals surface area contributed by atoms with Gasteiger partial charge in [0.25, 0.3) is 5.91 Å². The molecule has 7 heteroatoms. The summed E-state index contributed by atoms with van der Waals surface area (Å²) in [4.78, 5) is 37.1. The minimum atomic E-state index is -0.621. The molecule has 3 amide bonds. The van der Waals surface area contributed by atoms with Gasteiger partial charge in [-0.15, -0.1) is 0 Å². The predicted molar refractivity (Wildman–Crippen MR) is 97.6 cm³/mol. The van der Waals surface area contributed by atoms with Gasteiger partial charge >= 0.3 is 12.0 Å². The monoisotopic (exact) mass is 368 g/mol. The number of carbonyl (C=O) groups is 3. The van der Waals surface area contributed by atoms with Crippen molar-refractivity contribution >= 4 is 24.0 Å². The number of imide groups is 1. The van der Waals surface area contributed by atoms with Crippen molar-refractivity contribution in [2.24, 2.45) is 0 Å². The van der Waals surface area contributed by atoms with Crippen LogP contribution in [-0.4, -0.2) is 29.9 Å². The first-order valence-electron chi connectivity index (χ1n) is 8.50. The summed E-state index contributed by atoms with van der Waals surface area (Å²) >= 11 is 0. The molecule has 0 radical (unpaired) electrons. The van der Waals surface area contributed by atoms with Crippen LogP contribution in [0.5, 0.6) is 0 Å². The van der Waals surface area contributed by atoms with E-state index in [0.717, 1.165) is 10.5 Å². The maximum Gasteiger partial charge on any atom is 0.373 e. The highest BCUT2D eigenvalue weighted by atomic mass is 16.5. The number of methoxy groups -OCH3 is 1. The van der Waals surface area contributed by atoms with Crippen molar-refractivity contribution in [1.82, 2.24) is 10.2 Å². The highest BCUT2D eigenvalue weighted by Gasteiger charge is 2.34. The van der Waals surface area contributed by atoms with Crippen LogP contribution in [0.15, 0.2) is 46.5 Å². The van der Waals surface area contributed by atoms with Gasteiger partial charge < -0.3 is 14.5 Å². The highest BCUT2D eigenvalue weighted by molar-refractivity contribution is 6.13. The lowest BCUT2D eigenvalue weighted by Crippen LogP contribution is -2.30. The van der Waals surface area contributed by atoms with E-state index in [-0.39, 0.29) is 18.0 Å². The summed E-state index contributed by atoms with van der Waals surface area (Å²) < 4.78 is 9.88. The SMILES string of the molecule is COC(=O)c1ccc(CN2C(=O)N/C(=C\c3ccc(C(C)C)cc3)C2=O)o1. The van der Waals surface area contributed by atoms with Gasteiger partial charge in [-0.1, -0.05) is 38.1 Å². The Labute approximate surface area is 156 Å². The lowest BCUT2D eigenvalue weighted by atomic mass is 10.0. The molecule has 7 nitrogen and oxygen atoms in total. The molecule has 2 aromatic rings. The molecule has 1 aliphatic heterocycles. The van der Waals surface area contributed by atoms with Crippen molar-refractivity contribution in [2.75, 3.05) is 7.11 Å². The molecular weight excluding hydrogens is 348 g/mol. The molecule has 140 valence electrons. The fraction of sp³-hybridized carbons (Fsp3) is 0.250. The molecule has 1 aliphatic rings. The second-order valence-electron chi connectivity index (χ2n) is 6.46. The first-order valence-corrected chi connectivity index (χ1v) is 8.50. The molecule has 3 rings (SSSR count). The number of furan rings is 1. The van der Waals surface area contributed by atoms with Crippen LogP contribution < -0.4 is 5.32 Å². The van der Waals surface area contributed by atoms with Crippen LogP contribution in [0.2, 0.25) is 0 Å². The van der Waals surface area contributed by atoms with E-state index in [9.17, 15) is 14.4 Å². The zero-order valence-corrected chi connectivity index (χ0v) is 15.3. The Morgan fingerprint density at radius 1 is 1.19 bits per heavy atom. The van der Waals surface area contributed by atoms with Crippen LogP contribution >= 0.6 is 0 Å². The average Bonchev–Trinajstić information content (AvgIpc) is 3.22. The predicted octanol–water partition coefficient (Wildman–Crippen LogP) is 3.28. The summed E-state index contributed by atoms with van der Waals surface area (Å²) in [7, 11) is 1.24. The third-order valence-corrected chi connectivity index (χ3v) is 4.24. The number of hydrogen-bond donors (Lipinski definition) is 1. The van der Waals surface area contributed by atoms with Gasteiger partial charge in [-0.2, -0.15) is 0 Å². The Morgan fingerprint density at radius 2 is 1.89 bits per heavy atom. The minimum Gasteiger partial charge on any atom is -0.463 e. The van der Waals surface area contributed by atoms with Crippen LogP contribution in [0.1, 0.15) is 47.2 Å². The lowest BCUT2D eigenvalue weighted by Gasteiger charge is -2.09. The topological polar surface area (TPSA) is 88.9 Å². The van der Waals surface area contributed by atoms with Crippen LogP contribution in [0.3, 0.4) is 0 Å². The number of nitrogens with zero attached hydrogens (tertiary/aromatic N) is 1. The van der Waals surface area contributed by atoms with Crippen molar-refractivity contribution in [3.8, 4) is 0 Å². The molecule has 0 spiro atoms. The Bertz CT molecular complexity index is 909. The smallest absolute Gasteiger partial charge is 0.373 e. The zero-order chi connectivity index (χ0) is 19.6. The van der Waals surface area contributed by atoms with E-state index in [2.05, 4.69) is 23.9 Å². The molecule has 1 aromatic heterocycles. The van der Waals surface area contributed by atoms with Gasteiger partial charge in [0.2, 0.25) is 5.76 Å². The van der Waals surface area contributed by atoms with E-state index in [4.69, 9.17) is 4.42 Å². The number of nitrogens with one attached hydrogen (secondary N) is 1. The van der Waals surface area contributed by atoms with E-state index < -0.39 is 17.9 Å². The third kappa shape index (κ3) is 3.92. The van der Waals surface area contributed by atoms with E-state index in [0.29, 0.717) is 11.7 Å². The number of benzene rings is 1. The summed E-state index contributed by atoms with van der Waals surface area (Å²) in [5.41, 5.74) is 2.20. The van der Waals surface area contributed by atoms with Crippen molar-refractivity contribution in [2.45, 2.75) is 26.3 Å². The molecule has 0 aliphatic carbocycles. The van der Waals surface area contributed by atoms with E-state index in [1.165, 1.54) is 24.8 Å². The van der Waals surface area contributed by atoms with Crippen molar-refractivity contribution < 1.29 is 23.5 Å². The van der Waals surface area contributed by atoms with Crippen molar-refractivity contribution in [3.63, 3.8) is 0 Å². The standard InChI is InChI=1S/C20H20N2O5/c1-12(2)14-6-4-13(5-7-14)10-16-18(23)22(20(25)21-16)11-15-8-9-17(27-15)19(24)26-3/h4-10,12H,11H2,1-3H3,(H,21,25)/b16-10-. The fourth-order valence-electron chi connectivity index (χ4n) is 2.69. The third-order valence-electron chi connectivity index (χ3n) is 4.24. The summed E-state index contributed by atoms with van der Waals surface area (Å²) in [6, 6.07) is 10.2. The molecule has 0 unspecified atom stereocenters. The van der Waals surface area contributed by atoms with Crippen LogP contribution in [0.25, 0.3) is 6.08 Å². The molecule has 1 fully saturated rings. The van der Waals surface area contributed by atoms with Gasteiger partial charge in [0, 0.05) is 0 Å². The molecular formula is C20H20N2O5.